The van der Waals surface area contributed by atoms with E-state index in [-0.39, 0.29) is 0 Å². The molecule has 0 spiro atoms. The third-order valence-electron chi connectivity index (χ3n) is 1.86. The first-order valence-electron chi connectivity index (χ1n) is 4.09. The van der Waals surface area contributed by atoms with Crippen LogP contribution in [0.4, 0.5) is 5.69 Å². The zero-order valence-electron chi connectivity index (χ0n) is 8.21. The van der Waals surface area contributed by atoms with Crippen molar-refractivity contribution in [3.8, 4) is 0 Å². The number of hydrogen-bond acceptors (Lipinski definition) is 4. The molecule has 14 heavy (non-hydrogen) atoms. The van der Waals surface area contributed by atoms with E-state index in [1.54, 1.807) is 10.9 Å². The molecule has 0 aliphatic heterocycles. The first-order chi connectivity index (χ1) is 6.39. The Labute approximate surface area is 83.4 Å². The predicted molar refractivity (Wildman–Crippen MR) is 54.1 cm³/mol. The molecule has 0 fully saturated rings. The molecule has 1 rings (SSSR count). The molecule has 0 aliphatic rings. The van der Waals surface area contributed by atoms with Crippen molar-refractivity contribution < 1.29 is 8.42 Å². The van der Waals surface area contributed by atoms with Gasteiger partial charge >= 0.3 is 0 Å². The third-order valence-corrected chi connectivity index (χ3v) is 3.18. The number of hydrogen-bond donors (Lipinski definition) is 1. The second kappa shape index (κ2) is 3.97. The Morgan fingerprint density at radius 2 is 2.29 bits per heavy atom. The van der Waals surface area contributed by atoms with Crippen LogP contribution in [0, 0.1) is 0 Å². The maximum absolute atomic E-state index is 11.0. The van der Waals surface area contributed by atoms with Crippen molar-refractivity contribution in [2.45, 2.75) is 6.54 Å². The van der Waals surface area contributed by atoms with Gasteiger partial charge in [-0.25, -0.2) is 12.7 Å². The summed E-state index contributed by atoms with van der Waals surface area (Å²) in [6.07, 6.45) is 4.36. The van der Waals surface area contributed by atoms with Crippen LogP contribution in [-0.4, -0.2) is 42.4 Å². The highest BCUT2D eigenvalue weighted by Crippen LogP contribution is 1.99. The van der Waals surface area contributed by atoms with Crippen LogP contribution in [0.3, 0.4) is 0 Å². The van der Waals surface area contributed by atoms with E-state index in [9.17, 15) is 8.42 Å². The van der Waals surface area contributed by atoms with Crippen molar-refractivity contribution in [2.24, 2.45) is 0 Å². The number of nitrogen functional groups attached to an aromatic ring is 1. The van der Waals surface area contributed by atoms with E-state index in [2.05, 4.69) is 5.10 Å². The molecule has 0 bridgehead atoms. The minimum absolute atomic E-state index is 0.389. The number of nitrogens with two attached hydrogens (primary N) is 1. The minimum atomic E-state index is -3.11. The fourth-order valence-electron chi connectivity index (χ4n) is 0.911. The Hall–Kier alpha value is -1.08. The lowest BCUT2D eigenvalue weighted by Crippen LogP contribution is -2.29. The standard InChI is InChI=1S/C7H14N4O2S/c1-10(14(2,12)13)3-4-11-6-7(8)5-9-11/h5-6H,3-4,8H2,1-2H3. The molecule has 1 heterocycles. The quantitative estimate of drug-likeness (QED) is 0.728. The van der Waals surface area contributed by atoms with Crippen LogP contribution in [0.5, 0.6) is 0 Å². The molecule has 0 saturated carbocycles. The van der Waals surface area contributed by atoms with Gasteiger partial charge in [0.05, 0.1) is 24.7 Å². The third kappa shape index (κ3) is 3.00. The average molecular weight is 218 g/mol. The Morgan fingerprint density at radius 3 is 2.71 bits per heavy atom. The fraction of sp³-hybridized carbons (Fsp3) is 0.571. The maximum atomic E-state index is 11.0. The first-order valence-corrected chi connectivity index (χ1v) is 5.93. The molecule has 0 amide bonds. The first kappa shape index (κ1) is 11.0. The second-order valence-electron chi connectivity index (χ2n) is 3.12. The normalized spacial score (nSPS) is 12.2. The Kier molecular flexibility index (Phi) is 3.12. The predicted octanol–water partition coefficient (Wildman–Crippen LogP) is -0.643. The molecule has 1 aromatic rings. The summed E-state index contributed by atoms with van der Waals surface area (Å²) < 4.78 is 24.9. The zero-order chi connectivity index (χ0) is 10.8. The van der Waals surface area contributed by atoms with Crippen LogP contribution in [0.15, 0.2) is 12.4 Å². The van der Waals surface area contributed by atoms with Gasteiger partial charge in [-0.15, -0.1) is 0 Å². The Balaban J connectivity index is 2.50. The van der Waals surface area contributed by atoms with E-state index >= 15 is 0 Å². The molecule has 1 aromatic heterocycles. The molecule has 0 atom stereocenters. The lowest BCUT2D eigenvalue weighted by Gasteiger charge is -2.13. The summed E-state index contributed by atoms with van der Waals surface area (Å²) in [6.45, 7) is 0.890. The van der Waals surface area contributed by atoms with Gasteiger partial charge in [-0.2, -0.15) is 5.10 Å². The van der Waals surface area contributed by atoms with Crippen molar-refractivity contribution in [3.05, 3.63) is 12.4 Å². The van der Waals surface area contributed by atoms with Gasteiger partial charge in [-0.05, 0) is 0 Å². The van der Waals surface area contributed by atoms with E-state index in [0.29, 0.717) is 18.8 Å². The summed E-state index contributed by atoms with van der Waals surface area (Å²) in [5, 5.41) is 3.94. The molecule has 0 unspecified atom stereocenters. The highest BCUT2D eigenvalue weighted by atomic mass is 32.2. The lowest BCUT2D eigenvalue weighted by atomic mass is 10.6. The number of anilines is 1. The van der Waals surface area contributed by atoms with E-state index < -0.39 is 10.0 Å². The van der Waals surface area contributed by atoms with Gasteiger partial charge in [0, 0.05) is 19.8 Å². The van der Waals surface area contributed by atoms with Crippen molar-refractivity contribution in [2.75, 3.05) is 25.6 Å². The summed E-state index contributed by atoms with van der Waals surface area (Å²) in [6, 6.07) is 0. The van der Waals surface area contributed by atoms with Crippen LogP contribution in [0.2, 0.25) is 0 Å². The number of nitrogens with zero attached hydrogens (tertiary/aromatic N) is 3. The molecular weight excluding hydrogens is 204 g/mol. The lowest BCUT2D eigenvalue weighted by molar-refractivity contribution is 0.436. The van der Waals surface area contributed by atoms with E-state index in [0.717, 1.165) is 0 Å². The van der Waals surface area contributed by atoms with Gasteiger partial charge in [0.15, 0.2) is 0 Å². The van der Waals surface area contributed by atoms with Gasteiger partial charge in [0.2, 0.25) is 10.0 Å². The molecule has 0 aromatic carbocycles. The van der Waals surface area contributed by atoms with Gasteiger partial charge in [0.1, 0.15) is 0 Å². The zero-order valence-corrected chi connectivity index (χ0v) is 9.03. The van der Waals surface area contributed by atoms with Gasteiger partial charge in [0.25, 0.3) is 0 Å². The van der Waals surface area contributed by atoms with Gasteiger partial charge < -0.3 is 5.73 Å². The number of likely N-dealkylation sites (N-methyl/N-ethyl adjacent to an activating group) is 1. The average Bonchev–Trinajstić information content (AvgIpc) is 2.45. The van der Waals surface area contributed by atoms with Crippen LogP contribution in [0.1, 0.15) is 0 Å². The van der Waals surface area contributed by atoms with Crippen LogP contribution >= 0.6 is 0 Å². The topological polar surface area (TPSA) is 81.2 Å². The summed E-state index contributed by atoms with van der Waals surface area (Å²) in [5.41, 5.74) is 6.03. The smallest absolute Gasteiger partial charge is 0.211 e. The van der Waals surface area contributed by atoms with E-state index in [1.807, 2.05) is 0 Å². The summed E-state index contributed by atoms with van der Waals surface area (Å²) in [4.78, 5) is 0. The number of aromatic nitrogens is 2. The monoisotopic (exact) mass is 218 g/mol. The van der Waals surface area contributed by atoms with Crippen LogP contribution < -0.4 is 5.73 Å². The largest absolute Gasteiger partial charge is 0.396 e. The number of rotatable bonds is 4. The minimum Gasteiger partial charge on any atom is -0.396 e. The highest BCUT2D eigenvalue weighted by Gasteiger charge is 2.10. The van der Waals surface area contributed by atoms with Crippen LogP contribution in [-0.2, 0) is 16.6 Å². The van der Waals surface area contributed by atoms with Crippen molar-refractivity contribution >= 4 is 15.7 Å². The van der Waals surface area contributed by atoms with Crippen molar-refractivity contribution in [1.82, 2.24) is 14.1 Å². The van der Waals surface area contributed by atoms with E-state index in [1.165, 1.54) is 23.8 Å². The van der Waals surface area contributed by atoms with Crippen LogP contribution in [0.25, 0.3) is 0 Å². The van der Waals surface area contributed by atoms with Gasteiger partial charge in [-0.1, -0.05) is 0 Å². The molecule has 0 radical (unpaired) electrons. The molecule has 0 saturated heterocycles. The molecule has 80 valence electrons. The Morgan fingerprint density at radius 1 is 1.64 bits per heavy atom. The summed E-state index contributed by atoms with van der Waals surface area (Å²) in [5.74, 6) is 0. The summed E-state index contributed by atoms with van der Waals surface area (Å²) in [7, 11) is -1.58. The molecule has 2 N–H and O–H groups in total. The maximum Gasteiger partial charge on any atom is 0.211 e. The highest BCUT2D eigenvalue weighted by molar-refractivity contribution is 7.88. The Bertz CT molecular complexity index is 398. The molecule has 7 heteroatoms. The molecule has 6 nitrogen and oxygen atoms in total. The molecule has 0 aliphatic carbocycles. The van der Waals surface area contributed by atoms with Crippen molar-refractivity contribution in [3.63, 3.8) is 0 Å². The number of sulfonamides is 1. The van der Waals surface area contributed by atoms with Gasteiger partial charge in [-0.3, -0.25) is 4.68 Å². The molecular formula is C7H14N4O2S. The second-order valence-corrected chi connectivity index (χ2v) is 5.21. The van der Waals surface area contributed by atoms with Crippen molar-refractivity contribution in [1.29, 1.82) is 0 Å². The fourth-order valence-corrected chi connectivity index (χ4v) is 1.32. The SMILES string of the molecule is CN(CCn1cc(N)cn1)S(C)(=O)=O. The van der Waals surface area contributed by atoms with E-state index in [4.69, 9.17) is 5.73 Å². The summed E-state index contributed by atoms with van der Waals surface area (Å²) >= 11 is 0.